The predicted molar refractivity (Wildman–Crippen MR) is 65.2 cm³/mol. The molecule has 90 valence electrons. The third-order valence-corrected chi connectivity index (χ3v) is 3.27. The topological polar surface area (TPSA) is 47.3 Å². The van der Waals surface area contributed by atoms with E-state index < -0.39 is 0 Å². The van der Waals surface area contributed by atoms with E-state index in [4.69, 9.17) is 9.15 Å². The summed E-state index contributed by atoms with van der Waals surface area (Å²) in [6.45, 7) is 2.18. The molecule has 3 rings (SSSR count). The molecule has 1 saturated heterocycles. The molecule has 1 fully saturated rings. The van der Waals surface area contributed by atoms with E-state index in [9.17, 15) is 0 Å². The van der Waals surface area contributed by atoms with Gasteiger partial charge in [-0.15, -0.1) is 0 Å². The molecule has 2 aromatic rings. The van der Waals surface area contributed by atoms with Crippen LogP contribution in [-0.4, -0.2) is 25.2 Å². The lowest BCUT2D eigenvalue weighted by Crippen LogP contribution is -2.10. The molecular weight excluding hydrogens is 216 g/mol. The second-order valence-electron chi connectivity index (χ2n) is 4.50. The van der Waals surface area contributed by atoms with E-state index in [1.807, 2.05) is 18.2 Å². The van der Waals surface area contributed by atoms with Gasteiger partial charge in [0.25, 0.3) is 0 Å². The van der Waals surface area contributed by atoms with Gasteiger partial charge in [0.15, 0.2) is 11.5 Å². The summed E-state index contributed by atoms with van der Waals surface area (Å²) in [7, 11) is 1.66. The predicted octanol–water partition coefficient (Wildman–Crippen LogP) is 1.99. The number of hydrogen-bond donors (Lipinski definition) is 1. The maximum absolute atomic E-state index is 5.75. The van der Waals surface area contributed by atoms with Crippen molar-refractivity contribution in [3.63, 3.8) is 0 Å². The Bertz CT molecular complexity index is 515. The molecule has 1 aromatic heterocycles. The van der Waals surface area contributed by atoms with Crippen molar-refractivity contribution in [1.82, 2.24) is 10.3 Å². The van der Waals surface area contributed by atoms with Gasteiger partial charge in [-0.1, -0.05) is 0 Å². The lowest BCUT2D eigenvalue weighted by atomic mass is 10.1. The van der Waals surface area contributed by atoms with Gasteiger partial charge in [-0.2, -0.15) is 0 Å². The third kappa shape index (κ3) is 2.13. The number of hydrogen-bond acceptors (Lipinski definition) is 4. The van der Waals surface area contributed by atoms with E-state index >= 15 is 0 Å². The van der Waals surface area contributed by atoms with E-state index in [-0.39, 0.29) is 0 Å². The van der Waals surface area contributed by atoms with E-state index in [1.165, 1.54) is 6.42 Å². The number of oxazole rings is 1. The molecule has 1 atom stereocenters. The highest BCUT2D eigenvalue weighted by Crippen LogP contribution is 2.23. The smallest absolute Gasteiger partial charge is 0.195 e. The molecule has 0 amide bonds. The first-order chi connectivity index (χ1) is 8.35. The molecule has 0 bridgehead atoms. The molecule has 4 nitrogen and oxygen atoms in total. The summed E-state index contributed by atoms with van der Waals surface area (Å²) in [6, 6.07) is 5.73. The van der Waals surface area contributed by atoms with Crippen molar-refractivity contribution in [3.8, 4) is 5.75 Å². The first kappa shape index (κ1) is 10.6. The summed E-state index contributed by atoms with van der Waals surface area (Å²) < 4.78 is 10.9. The Hall–Kier alpha value is -1.55. The molecular formula is C13H16N2O2. The van der Waals surface area contributed by atoms with Gasteiger partial charge in [0.2, 0.25) is 0 Å². The van der Waals surface area contributed by atoms with Crippen LogP contribution < -0.4 is 10.1 Å². The average Bonchev–Trinajstić information content (AvgIpc) is 2.96. The summed E-state index contributed by atoms with van der Waals surface area (Å²) in [5, 5.41) is 3.36. The van der Waals surface area contributed by atoms with Crippen LogP contribution in [0, 0.1) is 5.92 Å². The first-order valence-electron chi connectivity index (χ1n) is 5.99. The quantitative estimate of drug-likeness (QED) is 0.879. The Kier molecular flexibility index (Phi) is 2.73. The molecule has 1 aliphatic rings. The number of nitrogens with zero attached hydrogens (tertiary/aromatic N) is 1. The third-order valence-electron chi connectivity index (χ3n) is 3.27. The summed E-state index contributed by atoms with van der Waals surface area (Å²) in [5.41, 5.74) is 1.72. The van der Waals surface area contributed by atoms with Crippen molar-refractivity contribution in [1.29, 1.82) is 0 Å². The Morgan fingerprint density at radius 1 is 1.53 bits per heavy atom. The number of ether oxygens (including phenoxy) is 1. The zero-order chi connectivity index (χ0) is 11.7. The molecule has 1 aromatic carbocycles. The van der Waals surface area contributed by atoms with Crippen LogP contribution in [0.1, 0.15) is 12.3 Å². The van der Waals surface area contributed by atoms with Crippen LogP contribution in [0.4, 0.5) is 0 Å². The zero-order valence-electron chi connectivity index (χ0n) is 9.90. The van der Waals surface area contributed by atoms with Gasteiger partial charge in [0.05, 0.1) is 7.11 Å². The molecule has 17 heavy (non-hydrogen) atoms. The molecule has 4 heteroatoms. The Balaban J connectivity index is 1.85. The van der Waals surface area contributed by atoms with Crippen LogP contribution in [0.3, 0.4) is 0 Å². The van der Waals surface area contributed by atoms with Gasteiger partial charge in [0, 0.05) is 12.5 Å². The minimum absolute atomic E-state index is 0.657. The van der Waals surface area contributed by atoms with Gasteiger partial charge < -0.3 is 14.5 Å². The van der Waals surface area contributed by atoms with Crippen LogP contribution in [0.25, 0.3) is 11.1 Å². The fourth-order valence-electron chi connectivity index (χ4n) is 2.30. The Morgan fingerprint density at radius 3 is 3.24 bits per heavy atom. The van der Waals surface area contributed by atoms with Gasteiger partial charge in [-0.05, 0) is 37.6 Å². The van der Waals surface area contributed by atoms with Crippen LogP contribution in [0.15, 0.2) is 22.6 Å². The first-order valence-corrected chi connectivity index (χ1v) is 5.99. The van der Waals surface area contributed by atoms with Crippen molar-refractivity contribution in [3.05, 3.63) is 24.1 Å². The van der Waals surface area contributed by atoms with Gasteiger partial charge in [-0.3, -0.25) is 0 Å². The maximum atomic E-state index is 5.75. The molecule has 2 heterocycles. The van der Waals surface area contributed by atoms with Gasteiger partial charge in [-0.25, -0.2) is 4.98 Å². The second-order valence-corrected chi connectivity index (χ2v) is 4.50. The highest BCUT2D eigenvalue weighted by molar-refractivity contribution is 5.74. The lowest BCUT2D eigenvalue weighted by molar-refractivity contribution is 0.413. The maximum Gasteiger partial charge on any atom is 0.195 e. The lowest BCUT2D eigenvalue weighted by Gasteiger charge is -2.02. The minimum atomic E-state index is 0.657. The fourth-order valence-corrected chi connectivity index (χ4v) is 2.30. The number of nitrogens with one attached hydrogen (secondary N) is 1. The molecule has 0 aliphatic carbocycles. The highest BCUT2D eigenvalue weighted by Gasteiger charge is 2.18. The van der Waals surface area contributed by atoms with Crippen molar-refractivity contribution >= 4 is 11.1 Å². The molecule has 1 aliphatic heterocycles. The minimum Gasteiger partial charge on any atom is -0.497 e. The van der Waals surface area contributed by atoms with Crippen LogP contribution in [-0.2, 0) is 6.42 Å². The molecule has 1 unspecified atom stereocenters. The summed E-state index contributed by atoms with van der Waals surface area (Å²) >= 11 is 0. The molecule has 0 saturated carbocycles. The molecule has 0 radical (unpaired) electrons. The largest absolute Gasteiger partial charge is 0.497 e. The van der Waals surface area contributed by atoms with E-state index in [0.717, 1.165) is 42.3 Å². The van der Waals surface area contributed by atoms with Gasteiger partial charge >= 0.3 is 0 Å². The Labute approximate surface area is 100.0 Å². The number of rotatable bonds is 3. The van der Waals surface area contributed by atoms with Crippen molar-refractivity contribution in [2.75, 3.05) is 20.2 Å². The normalized spacial score (nSPS) is 19.9. The fraction of sp³-hybridized carbons (Fsp3) is 0.462. The number of fused-ring (bicyclic) bond motifs is 1. The summed E-state index contributed by atoms with van der Waals surface area (Å²) in [4.78, 5) is 4.50. The van der Waals surface area contributed by atoms with Crippen LogP contribution >= 0.6 is 0 Å². The van der Waals surface area contributed by atoms with Crippen molar-refractivity contribution in [2.24, 2.45) is 5.92 Å². The number of methoxy groups -OCH3 is 1. The van der Waals surface area contributed by atoms with Gasteiger partial charge in [0.1, 0.15) is 11.3 Å². The van der Waals surface area contributed by atoms with E-state index in [1.54, 1.807) is 7.11 Å². The van der Waals surface area contributed by atoms with Crippen LogP contribution in [0.2, 0.25) is 0 Å². The zero-order valence-corrected chi connectivity index (χ0v) is 9.90. The highest BCUT2D eigenvalue weighted by atomic mass is 16.5. The van der Waals surface area contributed by atoms with Crippen LogP contribution in [0.5, 0.6) is 5.75 Å². The average molecular weight is 232 g/mol. The second kappa shape index (κ2) is 4.37. The summed E-state index contributed by atoms with van der Waals surface area (Å²) in [5.74, 6) is 2.30. The van der Waals surface area contributed by atoms with E-state index in [2.05, 4.69) is 10.3 Å². The standard InChI is InChI=1S/C13H16N2O2/c1-16-10-2-3-11-12(7-10)17-13(15-11)6-9-4-5-14-8-9/h2-3,7,9,14H,4-6,8H2,1H3. The number of aromatic nitrogens is 1. The Morgan fingerprint density at radius 2 is 2.47 bits per heavy atom. The van der Waals surface area contributed by atoms with Crippen molar-refractivity contribution < 1.29 is 9.15 Å². The monoisotopic (exact) mass is 232 g/mol. The molecule has 0 spiro atoms. The van der Waals surface area contributed by atoms with E-state index in [0.29, 0.717) is 5.92 Å². The van der Waals surface area contributed by atoms with Crippen molar-refractivity contribution in [2.45, 2.75) is 12.8 Å². The summed E-state index contributed by atoms with van der Waals surface area (Å²) in [6.07, 6.45) is 2.13. The number of benzene rings is 1. The molecule has 1 N–H and O–H groups in total. The SMILES string of the molecule is COc1ccc2nc(CC3CCNC3)oc2c1.